The number of nitrogens with one attached hydrogen (secondary N) is 1. The van der Waals surface area contributed by atoms with E-state index in [1.165, 1.54) is 0 Å². The highest BCUT2D eigenvalue weighted by Crippen LogP contribution is 1.84. The van der Waals surface area contributed by atoms with Crippen molar-refractivity contribution in [2.45, 2.75) is 0 Å². The van der Waals surface area contributed by atoms with Crippen molar-refractivity contribution in [2.75, 3.05) is 13.2 Å². The van der Waals surface area contributed by atoms with Gasteiger partial charge in [0.2, 0.25) is 6.08 Å². The summed E-state index contributed by atoms with van der Waals surface area (Å²) >= 11 is 0. The van der Waals surface area contributed by atoms with Crippen LogP contribution in [0.4, 0.5) is 0 Å². The minimum absolute atomic E-state index is 0.750. The number of carbonyl (C=O) groups excluding carboxylic acids is 1. The van der Waals surface area contributed by atoms with E-state index in [1.54, 1.807) is 0 Å². The number of hydrogen-bond donors (Lipinski definition) is 1. The summed E-state index contributed by atoms with van der Waals surface area (Å²) in [6, 6.07) is 0. The average molecular weight is 87.1 g/mol. The summed E-state index contributed by atoms with van der Waals surface area (Å²) in [6.45, 7) is 2.00. The summed E-state index contributed by atoms with van der Waals surface area (Å²) in [5.74, 6) is 0. The number of ether oxygens (including phenoxy) is 1. The van der Waals surface area contributed by atoms with E-state index in [0.717, 1.165) is 19.3 Å². The van der Waals surface area contributed by atoms with Crippen molar-refractivity contribution in [1.29, 1.82) is 5.41 Å². The van der Waals surface area contributed by atoms with Crippen molar-refractivity contribution in [3.63, 3.8) is 0 Å². The lowest BCUT2D eigenvalue weighted by Crippen LogP contribution is -1.20. The number of hydrogen-bond acceptors (Lipinski definition) is 3. The first-order valence-electron chi connectivity index (χ1n) is 1.53. The molecule has 3 heteroatoms. The minimum atomic E-state index is 0.750. The van der Waals surface area contributed by atoms with Crippen molar-refractivity contribution < 1.29 is 9.53 Å². The molecule has 0 spiro atoms. The quantitative estimate of drug-likeness (QED) is 0.255. The molecular weight excluding hydrogens is 82.0 g/mol. The molecule has 1 N–H and O–H groups in total. The zero-order valence-electron chi connectivity index (χ0n) is 3.23. The second kappa shape index (κ2) is 4.34. The lowest BCUT2D eigenvalue weighted by Gasteiger charge is -1.24. The molecule has 1 rings (SSSR count). The normalized spacial score (nSPS) is 13.3. The van der Waals surface area contributed by atoms with Crippen LogP contribution in [0.2, 0.25) is 0 Å². The maximum Gasteiger partial charge on any atom is 0.231 e. The van der Waals surface area contributed by atoms with E-state index in [1.807, 2.05) is 0 Å². The van der Waals surface area contributed by atoms with Gasteiger partial charge in [-0.1, -0.05) is 0 Å². The van der Waals surface area contributed by atoms with Gasteiger partial charge in [0.15, 0.2) is 0 Å². The maximum atomic E-state index is 8.35. The molecule has 0 saturated carbocycles. The van der Waals surface area contributed by atoms with Gasteiger partial charge in [-0.05, 0) is 0 Å². The third kappa shape index (κ3) is 158. The van der Waals surface area contributed by atoms with E-state index >= 15 is 0 Å². The van der Waals surface area contributed by atoms with Gasteiger partial charge in [-0.3, -0.25) is 0 Å². The predicted molar refractivity (Wildman–Crippen MR) is 19.2 cm³/mol. The maximum absolute atomic E-state index is 8.35. The second-order valence-corrected chi connectivity index (χ2v) is 0.714. The van der Waals surface area contributed by atoms with Crippen LogP contribution >= 0.6 is 0 Å². The van der Waals surface area contributed by atoms with Gasteiger partial charge < -0.3 is 4.74 Å². The van der Waals surface area contributed by atoms with Gasteiger partial charge >= 0.3 is 0 Å². The minimum Gasteiger partial charge on any atom is -0.377 e. The van der Waals surface area contributed by atoms with Crippen LogP contribution in [0.3, 0.4) is 0 Å². The first kappa shape index (κ1) is 5.34. The zero-order chi connectivity index (χ0) is 4.83. The molecule has 1 aliphatic rings. The fourth-order valence-corrected chi connectivity index (χ4v) is 0. The highest BCUT2D eigenvalue weighted by molar-refractivity contribution is 5.26. The highest BCUT2D eigenvalue weighted by Gasteiger charge is 1.94. The van der Waals surface area contributed by atoms with E-state index in [9.17, 15) is 0 Å². The third-order valence-electron chi connectivity index (χ3n) is 0.204. The molecule has 0 aromatic rings. The van der Waals surface area contributed by atoms with Gasteiger partial charge in [-0.25, -0.2) is 10.2 Å². The topological polar surface area (TPSA) is 53.5 Å². The largest absolute Gasteiger partial charge is 0.377 e. The van der Waals surface area contributed by atoms with Crippen molar-refractivity contribution in [3.05, 3.63) is 0 Å². The molecule has 0 atom stereocenters. The zero-order valence-corrected chi connectivity index (χ0v) is 3.23. The van der Waals surface area contributed by atoms with E-state index in [4.69, 9.17) is 10.2 Å². The van der Waals surface area contributed by atoms with Crippen LogP contribution in [-0.4, -0.2) is 19.3 Å². The number of epoxide rings is 1. The van der Waals surface area contributed by atoms with Gasteiger partial charge in [0.25, 0.3) is 0 Å². The summed E-state index contributed by atoms with van der Waals surface area (Å²) < 4.78 is 4.50. The molecule has 1 saturated heterocycles. The fourth-order valence-electron chi connectivity index (χ4n) is 0. The Kier molecular flexibility index (Phi) is 3.86. The molecule has 1 fully saturated rings. The summed E-state index contributed by atoms with van der Waals surface area (Å²) in [4.78, 5) is 8.35. The van der Waals surface area contributed by atoms with Gasteiger partial charge in [0.05, 0.1) is 13.2 Å². The van der Waals surface area contributed by atoms with Gasteiger partial charge in [-0.2, -0.15) is 0 Å². The molecule has 0 aromatic carbocycles. The molecule has 0 amide bonds. The lowest BCUT2D eigenvalue weighted by molar-refractivity contribution is 0.475. The average Bonchev–Trinajstić information content (AvgIpc) is 2.11. The monoisotopic (exact) mass is 87.0 g/mol. The van der Waals surface area contributed by atoms with Crippen LogP contribution in [0.5, 0.6) is 0 Å². The lowest BCUT2D eigenvalue weighted by atomic mass is 11.0. The Labute approximate surface area is 35.4 Å². The Balaban J connectivity index is 0.0000000833. The molecule has 0 aromatic heterocycles. The molecule has 6 heavy (non-hydrogen) atoms. The Morgan fingerprint density at radius 2 is 1.83 bits per heavy atom. The molecule has 3 nitrogen and oxygen atoms in total. The smallest absolute Gasteiger partial charge is 0.231 e. The van der Waals surface area contributed by atoms with Crippen molar-refractivity contribution in [2.24, 2.45) is 0 Å². The standard InChI is InChI=1S/C2H4O.CHNO/c1-2-3-1;2-1-3/h1-2H2;2H. The Hall–Kier alpha value is -0.660. The fraction of sp³-hybridized carbons (Fsp3) is 0.667. The van der Waals surface area contributed by atoms with Crippen LogP contribution in [0.15, 0.2) is 0 Å². The molecule has 1 aliphatic heterocycles. The van der Waals surface area contributed by atoms with Gasteiger partial charge in [-0.15, -0.1) is 0 Å². The van der Waals surface area contributed by atoms with Crippen LogP contribution in [0.25, 0.3) is 0 Å². The first-order valence-corrected chi connectivity index (χ1v) is 1.53. The Morgan fingerprint density at radius 1 is 1.67 bits per heavy atom. The SMILES string of the molecule is C1CO1.N=C=O. The molecule has 1 heterocycles. The Morgan fingerprint density at radius 3 is 1.83 bits per heavy atom. The third-order valence-corrected chi connectivity index (χ3v) is 0.204. The van der Waals surface area contributed by atoms with E-state index in [-0.39, 0.29) is 0 Å². The second-order valence-electron chi connectivity index (χ2n) is 0.714. The summed E-state index contributed by atoms with van der Waals surface area (Å²) in [6.07, 6.45) is 0.750. The highest BCUT2D eigenvalue weighted by atomic mass is 16.6. The van der Waals surface area contributed by atoms with Crippen molar-refractivity contribution in [1.82, 2.24) is 0 Å². The molecule has 0 bridgehead atoms. The summed E-state index contributed by atoms with van der Waals surface area (Å²) in [5.41, 5.74) is 0. The summed E-state index contributed by atoms with van der Waals surface area (Å²) in [7, 11) is 0. The van der Waals surface area contributed by atoms with E-state index in [0.29, 0.717) is 0 Å². The number of isocyanates is 1. The van der Waals surface area contributed by atoms with Crippen LogP contribution < -0.4 is 0 Å². The molecule has 0 radical (unpaired) electrons. The number of rotatable bonds is 0. The van der Waals surface area contributed by atoms with E-state index < -0.39 is 0 Å². The van der Waals surface area contributed by atoms with Gasteiger partial charge in [0, 0.05) is 0 Å². The first-order chi connectivity index (χ1) is 2.91. The van der Waals surface area contributed by atoms with E-state index in [2.05, 4.69) is 4.74 Å². The molecule has 34 valence electrons. The van der Waals surface area contributed by atoms with Crippen LogP contribution in [-0.2, 0) is 9.53 Å². The van der Waals surface area contributed by atoms with Crippen molar-refractivity contribution in [3.8, 4) is 0 Å². The summed E-state index contributed by atoms with van der Waals surface area (Å²) in [5, 5.41) is 5.40. The van der Waals surface area contributed by atoms with Gasteiger partial charge in [0.1, 0.15) is 0 Å². The van der Waals surface area contributed by atoms with Crippen molar-refractivity contribution >= 4 is 6.08 Å². The Bertz CT molecular complexity index is 51.1. The molecular formula is C3H5NO2. The predicted octanol–water partition coefficient (Wildman–Crippen LogP) is -0.0824. The van der Waals surface area contributed by atoms with Crippen LogP contribution in [0.1, 0.15) is 0 Å². The molecule has 0 unspecified atom stereocenters. The van der Waals surface area contributed by atoms with Crippen LogP contribution in [0, 0.1) is 5.41 Å². The molecule has 0 aliphatic carbocycles.